The summed E-state index contributed by atoms with van der Waals surface area (Å²) in [6.45, 7) is 8.79. The van der Waals surface area contributed by atoms with E-state index in [0.29, 0.717) is 14.5 Å². The van der Waals surface area contributed by atoms with Gasteiger partial charge in [-0.1, -0.05) is 54.4 Å². The van der Waals surface area contributed by atoms with Crippen LogP contribution in [0.25, 0.3) is 0 Å². The molecule has 0 aliphatic carbocycles. The average Bonchev–Trinajstić information content (AvgIpc) is 3.00. The first kappa shape index (κ1) is 20.2. The summed E-state index contributed by atoms with van der Waals surface area (Å²) in [7, 11) is 0. The molecule has 1 aliphatic rings. The van der Waals surface area contributed by atoms with E-state index in [1.165, 1.54) is 0 Å². The molecule has 1 heterocycles. The Morgan fingerprint density at radius 2 is 1.88 bits per heavy atom. The smallest absolute Gasteiger partial charge is 0.256 e. The fourth-order valence-corrected chi connectivity index (χ4v) is 4.53. The number of benzene rings is 1. The number of hydrogen-bond acceptors (Lipinski definition) is 1. The molecule has 1 aromatic rings. The lowest BCUT2D eigenvalue weighted by Gasteiger charge is -2.38. The van der Waals surface area contributed by atoms with Gasteiger partial charge in [0.15, 0.2) is 0 Å². The van der Waals surface area contributed by atoms with Crippen LogP contribution in [0.15, 0.2) is 42.5 Å². The van der Waals surface area contributed by atoms with Crippen molar-refractivity contribution in [3.05, 3.63) is 58.1 Å². The maximum absolute atomic E-state index is 12.8. The van der Waals surface area contributed by atoms with Crippen LogP contribution in [0.2, 0.25) is 10.0 Å². The van der Waals surface area contributed by atoms with Crippen LogP contribution < -0.4 is 0 Å². The highest BCUT2D eigenvalue weighted by atomic mass is 35.5. The molecule has 1 amide bonds. The SMILES string of the molecule is CC=CC(=O)[N+]1(CC(C)(C=CC)Cc2ccc(Cl)cc2Cl)CCCC1. The number of halogens is 2. The van der Waals surface area contributed by atoms with Gasteiger partial charge in [0.2, 0.25) is 0 Å². The summed E-state index contributed by atoms with van der Waals surface area (Å²) in [5.41, 5.74) is 0.927. The number of carbonyl (C=O) groups is 1. The fourth-order valence-electron chi connectivity index (χ4n) is 4.06. The highest BCUT2D eigenvalue weighted by Gasteiger charge is 2.43. The largest absolute Gasteiger partial charge is 0.338 e. The van der Waals surface area contributed by atoms with Crippen molar-refractivity contribution < 1.29 is 9.28 Å². The first-order valence-electron chi connectivity index (χ1n) is 8.95. The molecule has 0 saturated carbocycles. The van der Waals surface area contributed by atoms with Gasteiger partial charge in [-0.05, 0) is 38.0 Å². The molecule has 4 heteroatoms. The summed E-state index contributed by atoms with van der Waals surface area (Å²) in [4.78, 5) is 12.8. The number of quaternary nitrogens is 1. The highest BCUT2D eigenvalue weighted by Crippen LogP contribution is 2.35. The van der Waals surface area contributed by atoms with Gasteiger partial charge in [-0.3, -0.25) is 4.48 Å². The molecule has 136 valence electrons. The van der Waals surface area contributed by atoms with E-state index < -0.39 is 0 Å². The lowest BCUT2D eigenvalue weighted by atomic mass is 9.81. The minimum atomic E-state index is -0.145. The zero-order valence-corrected chi connectivity index (χ0v) is 16.9. The van der Waals surface area contributed by atoms with E-state index in [4.69, 9.17) is 23.2 Å². The van der Waals surface area contributed by atoms with Gasteiger partial charge in [0.25, 0.3) is 0 Å². The summed E-state index contributed by atoms with van der Waals surface area (Å²) in [5, 5.41) is 1.34. The third-order valence-corrected chi connectivity index (χ3v) is 5.63. The highest BCUT2D eigenvalue weighted by molar-refractivity contribution is 6.35. The molecular formula is C21H28Cl2NO+. The number of rotatable bonds is 6. The zero-order chi connectivity index (χ0) is 18.5. The summed E-state index contributed by atoms with van der Waals surface area (Å²) in [6.07, 6.45) is 10.9. The Bertz CT molecular complexity index is 674. The molecule has 1 unspecified atom stereocenters. The van der Waals surface area contributed by atoms with Gasteiger partial charge in [0.05, 0.1) is 19.6 Å². The topological polar surface area (TPSA) is 17.1 Å². The standard InChI is InChI=1S/C21H28Cl2NO/c1-4-8-20(25)24(12-6-7-13-24)16-21(3,11-5-2)15-17-9-10-18(22)14-19(17)23/h4-5,8-11,14H,6-7,12-13,15-16H2,1-3H3/q+1. The lowest BCUT2D eigenvalue weighted by molar-refractivity contribution is -0.845. The monoisotopic (exact) mass is 380 g/mol. The maximum Gasteiger partial charge on any atom is 0.338 e. The molecule has 0 bridgehead atoms. The fraction of sp³-hybridized carbons (Fsp3) is 0.476. The first-order valence-corrected chi connectivity index (χ1v) is 9.71. The van der Waals surface area contributed by atoms with Crippen LogP contribution >= 0.6 is 23.2 Å². The first-order chi connectivity index (χ1) is 11.8. The molecule has 2 nitrogen and oxygen atoms in total. The summed E-state index contributed by atoms with van der Waals surface area (Å²) < 4.78 is 0.538. The summed E-state index contributed by atoms with van der Waals surface area (Å²) in [6, 6.07) is 5.66. The lowest BCUT2D eigenvalue weighted by Crippen LogP contribution is -2.55. The van der Waals surface area contributed by atoms with E-state index in [0.717, 1.165) is 44.5 Å². The summed E-state index contributed by atoms with van der Waals surface area (Å²) in [5.74, 6) is 0.220. The molecule has 0 radical (unpaired) electrons. The summed E-state index contributed by atoms with van der Waals surface area (Å²) >= 11 is 12.4. The predicted molar refractivity (Wildman–Crippen MR) is 107 cm³/mol. The Balaban J connectivity index is 2.33. The van der Waals surface area contributed by atoms with E-state index in [1.54, 1.807) is 12.1 Å². The van der Waals surface area contributed by atoms with Crippen molar-refractivity contribution in [2.45, 2.75) is 40.0 Å². The van der Waals surface area contributed by atoms with Crippen molar-refractivity contribution in [2.24, 2.45) is 5.41 Å². The van der Waals surface area contributed by atoms with Gasteiger partial charge < -0.3 is 0 Å². The number of amides is 1. The third-order valence-electron chi connectivity index (χ3n) is 5.04. The Morgan fingerprint density at radius 1 is 1.20 bits per heavy atom. The number of allylic oxidation sites excluding steroid dienone is 2. The molecule has 1 saturated heterocycles. The second kappa shape index (κ2) is 8.53. The van der Waals surface area contributed by atoms with E-state index >= 15 is 0 Å². The van der Waals surface area contributed by atoms with E-state index in [-0.39, 0.29) is 11.3 Å². The second-order valence-corrected chi connectivity index (χ2v) is 8.21. The van der Waals surface area contributed by atoms with Crippen molar-refractivity contribution in [1.29, 1.82) is 0 Å². The molecule has 1 atom stereocenters. The van der Waals surface area contributed by atoms with Crippen LogP contribution in [0.3, 0.4) is 0 Å². The van der Waals surface area contributed by atoms with Crippen LogP contribution in [0.4, 0.5) is 0 Å². The van der Waals surface area contributed by atoms with Crippen LogP contribution in [-0.4, -0.2) is 30.0 Å². The normalized spacial score (nSPS) is 19.6. The van der Waals surface area contributed by atoms with Gasteiger partial charge in [-0.15, -0.1) is 0 Å². The average molecular weight is 381 g/mol. The molecule has 0 spiro atoms. The van der Waals surface area contributed by atoms with Crippen LogP contribution in [0.1, 0.15) is 39.2 Å². The minimum absolute atomic E-state index is 0.145. The Labute approximate surface area is 161 Å². The zero-order valence-electron chi connectivity index (χ0n) is 15.4. The minimum Gasteiger partial charge on any atom is -0.256 e. The Hall–Kier alpha value is -1.09. The molecule has 25 heavy (non-hydrogen) atoms. The quantitative estimate of drug-likeness (QED) is 0.344. The van der Waals surface area contributed by atoms with Crippen LogP contribution in [0, 0.1) is 5.41 Å². The third kappa shape index (κ3) is 4.97. The van der Waals surface area contributed by atoms with Crippen molar-refractivity contribution in [1.82, 2.24) is 0 Å². The molecule has 1 aliphatic heterocycles. The van der Waals surface area contributed by atoms with Crippen LogP contribution in [-0.2, 0) is 11.2 Å². The van der Waals surface area contributed by atoms with Crippen molar-refractivity contribution >= 4 is 29.1 Å². The van der Waals surface area contributed by atoms with Gasteiger partial charge >= 0.3 is 5.91 Å². The van der Waals surface area contributed by atoms with Gasteiger partial charge in [0.1, 0.15) is 0 Å². The molecule has 2 rings (SSSR count). The Morgan fingerprint density at radius 3 is 2.44 bits per heavy atom. The maximum atomic E-state index is 12.8. The molecule has 1 aromatic carbocycles. The van der Waals surface area contributed by atoms with E-state index in [1.807, 2.05) is 32.1 Å². The number of carbonyl (C=O) groups excluding carboxylic acids is 1. The van der Waals surface area contributed by atoms with Crippen molar-refractivity contribution in [3.8, 4) is 0 Å². The molecule has 0 N–H and O–H groups in total. The van der Waals surface area contributed by atoms with Crippen molar-refractivity contribution in [3.63, 3.8) is 0 Å². The molecule has 1 fully saturated rings. The molecular weight excluding hydrogens is 353 g/mol. The Kier molecular flexibility index (Phi) is 6.90. The number of nitrogens with zero attached hydrogens (tertiary/aromatic N) is 1. The number of likely N-dealkylation sites (tertiary alicyclic amines) is 1. The van der Waals surface area contributed by atoms with Gasteiger partial charge in [-0.25, -0.2) is 4.79 Å². The van der Waals surface area contributed by atoms with Gasteiger partial charge in [-0.2, -0.15) is 0 Å². The van der Waals surface area contributed by atoms with E-state index in [2.05, 4.69) is 19.1 Å². The predicted octanol–water partition coefficient (Wildman–Crippen LogP) is 5.83. The second-order valence-electron chi connectivity index (χ2n) is 7.36. The van der Waals surface area contributed by atoms with Gasteiger partial charge in [0, 0.05) is 34.4 Å². The van der Waals surface area contributed by atoms with E-state index in [9.17, 15) is 4.79 Å². The van der Waals surface area contributed by atoms with Crippen LogP contribution in [0.5, 0.6) is 0 Å². The van der Waals surface area contributed by atoms with Crippen molar-refractivity contribution in [2.75, 3.05) is 19.6 Å². The number of hydrogen-bond donors (Lipinski definition) is 0. The molecule has 0 aromatic heterocycles.